The van der Waals surface area contributed by atoms with Gasteiger partial charge in [-0.2, -0.15) is 5.10 Å². The summed E-state index contributed by atoms with van der Waals surface area (Å²) in [4.78, 5) is 12.9. The van der Waals surface area contributed by atoms with E-state index in [9.17, 15) is 13.2 Å². The first kappa shape index (κ1) is 24.3. The van der Waals surface area contributed by atoms with E-state index in [0.29, 0.717) is 5.02 Å². The van der Waals surface area contributed by atoms with Gasteiger partial charge in [0.25, 0.3) is 15.9 Å². The topological polar surface area (TPSA) is 78.8 Å². The number of nitrogens with zero attached hydrogens (tertiary/aromatic N) is 2. The van der Waals surface area contributed by atoms with Gasteiger partial charge in [-0.05, 0) is 65.1 Å². The molecule has 4 aromatic rings. The minimum absolute atomic E-state index is 0.0280. The molecule has 9 heteroatoms. The molecule has 0 aliphatic heterocycles. The highest BCUT2D eigenvalue weighted by Gasteiger charge is 2.28. The van der Waals surface area contributed by atoms with E-state index in [1.807, 2.05) is 18.2 Å². The Balaban J connectivity index is 1.41. The van der Waals surface area contributed by atoms with E-state index in [2.05, 4.69) is 22.7 Å². The first-order valence-corrected chi connectivity index (χ1v) is 13.4. The van der Waals surface area contributed by atoms with Crippen molar-refractivity contribution >= 4 is 61.8 Å². The lowest BCUT2D eigenvalue weighted by Gasteiger charge is -2.24. The van der Waals surface area contributed by atoms with E-state index in [-0.39, 0.29) is 15.6 Å². The number of carbonyl (C=O) groups is 1. The van der Waals surface area contributed by atoms with Crippen LogP contribution in [0.5, 0.6) is 0 Å². The Hall–Kier alpha value is -3.39. The van der Waals surface area contributed by atoms with Crippen LogP contribution >= 0.6 is 23.2 Å². The van der Waals surface area contributed by atoms with Crippen LogP contribution in [-0.4, -0.2) is 27.1 Å². The maximum absolute atomic E-state index is 13.4. The van der Waals surface area contributed by atoms with Gasteiger partial charge in [0.1, 0.15) is 6.54 Å². The summed E-state index contributed by atoms with van der Waals surface area (Å²) in [6.07, 6.45) is 3.61. The molecule has 1 amide bonds. The number of hydrogen-bond donors (Lipinski definition) is 1. The van der Waals surface area contributed by atoms with Gasteiger partial charge in [0.15, 0.2) is 0 Å². The standard InChI is InChI=1S/C27H21Cl2N3O3S/c28-21-13-14-25(24(29)15-21)32(36(34,35)22-6-2-1-3-7-22)17-26(33)31-30-16-20-12-11-19-10-9-18-5-4-8-23(20)27(18)19/h1-8,11-16H,9-10,17H2,(H,31,33)/b30-16-. The minimum atomic E-state index is -4.10. The minimum Gasteiger partial charge on any atom is -0.271 e. The average molecular weight is 538 g/mol. The highest BCUT2D eigenvalue weighted by molar-refractivity contribution is 7.92. The third kappa shape index (κ3) is 4.69. The van der Waals surface area contributed by atoms with Crippen LogP contribution in [0.1, 0.15) is 16.7 Å². The number of rotatable bonds is 7. The van der Waals surface area contributed by atoms with Crippen molar-refractivity contribution in [3.63, 3.8) is 0 Å². The first-order chi connectivity index (χ1) is 17.3. The molecule has 1 aliphatic carbocycles. The van der Waals surface area contributed by atoms with E-state index in [0.717, 1.165) is 28.1 Å². The molecule has 5 rings (SSSR count). The van der Waals surface area contributed by atoms with Gasteiger partial charge >= 0.3 is 0 Å². The molecule has 1 aliphatic rings. The quantitative estimate of drug-likeness (QED) is 0.246. The Morgan fingerprint density at radius 2 is 1.69 bits per heavy atom. The second-order valence-electron chi connectivity index (χ2n) is 8.37. The van der Waals surface area contributed by atoms with Crippen molar-refractivity contribution in [2.45, 2.75) is 17.7 Å². The Kier molecular flexibility index (Phi) is 6.71. The van der Waals surface area contributed by atoms with Gasteiger partial charge in [0, 0.05) is 10.6 Å². The summed E-state index contributed by atoms with van der Waals surface area (Å²) < 4.78 is 27.8. The lowest BCUT2D eigenvalue weighted by molar-refractivity contribution is -0.119. The van der Waals surface area contributed by atoms with Crippen molar-refractivity contribution in [2.24, 2.45) is 5.10 Å². The molecule has 0 heterocycles. The van der Waals surface area contributed by atoms with Crippen LogP contribution in [0.4, 0.5) is 5.69 Å². The summed E-state index contributed by atoms with van der Waals surface area (Å²) in [6, 6.07) is 22.5. The van der Waals surface area contributed by atoms with Crippen LogP contribution in [0.15, 0.2) is 88.9 Å². The van der Waals surface area contributed by atoms with Crippen LogP contribution in [-0.2, 0) is 27.7 Å². The molecular formula is C27H21Cl2N3O3S. The van der Waals surface area contributed by atoms with Gasteiger partial charge in [-0.15, -0.1) is 0 Å². The number of benzene rings is 4. The Morgan fingerprint density at radius 3 is 2.44 bits per heavy atom. The predicted octanol–water partition coefficient (Wildman–Crippen LogP) is 5.59. The van der Waals surface area contributed by atoms with Crippen molar-refractivity contribution in [1.29, 1.82) is 0 Å². The van der Waals surface area contributed by atoms with Crippen LogP contribution in [0.25, 0.3) is 10.8 Å². The highest BCUT2D eigenvalue weighted by atomic mass is 35.5. The highest BCUT2D eigenvalue weighted by Crippen LogP contribution is 2.33. The summed E-state index contributed by atoms with van der Waals surface area (Å²) in [7, 11) is -4.10. The molecule has 6 nitrogen and oxygen atoms in total. The van der Waals surface area contributed by atoms with Crippen molar-refractivity contribution in [2.75, 3.05) is 10.8 Å². The van der Waals surface area contributed by atoms with E-state index in [4.69, 9.17) is 23.2 Å². The van der Waals surface area contributed by atoms with Gasteiger partial charge in [0.2, 0.25) is 0 Å². The zero-order valence-electron chi connectivity index (χ0n) is 19.0. The molecule has 182 valence electrons. The SMILES string of the molecule is O=C(CN(c1ccc(Cl)cc1Cl)S(=O)(=O)c1ccccc1)N/N=C\c1ccc2c3c(cccc13)CC2. The maximum Gasteiger partial charge on any atom is 0.264 e. The molecule has 0 unspecified atom stereocenters. The van der Waals surface area contributed by atoms with Gasteiger partial charge in [-0.25, -0.2) is 13.8 Å². The molecule has 0 saturated heterocycles. The molecule has 0 fully saturated rings. The van der Waals surface area contributed by atoms with Crippen LogP contribution in [0, 0.1) is 0 Å². The predicted molar refractivity (Wildman–Crippen MR) is 145 cm³/mol. The zero-order valence-corrected chi connectivity index (χ0v) is 21.3. The number of sulfonamides is 1. The number of halogens is 2. The summed E-state index contributed by atoms with van der Waals surface area (Å²) in [5, 5.41) is 6.87. The van der Waals surface area contributed by atoms with Crippen molar-refractivity contribution in [1.82, 2.24) is 5.43 Å². The Bertz CT molecular complexity index is 1600. The molecule has 0 saturated carbocycles. The number of hydrogen-bond acceptors (Lipinski definition) is 4. The lowest BCUT2D eigenvalue weighted by atomic mass is 10.0. The fourth-order valence-electron chi connectivity index (χ4n) is 4.42. The normalized spacial score (nSPS) is 12.8. The van der Waals surface area contributed by atoms with Crippen LogP contribution < -0.4 is 9.73 Å². The van der Waals surface area contributed by atoms with Gasteiger partial charge in [-0.3, -0.25) is 9.10 Å². The second-order valence-corrected chi connectivity index (χ2v) is 11.1. The van der Waals surface area contributed by atoms with E-state index in [1.54, 1.807) is 24.4 Å². The van der Waals surface area contributed by atoms with E-state index < -0.39 is 22.5 Å². The Labute approximate surface area is 219 Å². The summed E-state index contributed by atoms with van der Waals surface area (Å²) in [5.74, 6) is -0.622. The first-order valence-electron chi connectivity index (χ1n) is 11.2. The molecule has 0 atom stereocenters. The van der Waals surface area contributed by atoms with Crippen molar-refractivity contribution in [3.8, 4) is 0 Å². The maximum atomic E-state index is 13.4. The second kappa shape index (κ2) is 9.93. The average Bonchev–Trinajstić information content (AvgIpc) is 3.29. The third-order valence-electron chi connectivity index (χ3n) is 6.10. The summed E-state index contributed by atoms with van der Waals surface area (Å²) >= 11 is 12.3. The fraction of sp³-hybridized carbons (Fsp3) is 0.111. The van der Waals surface area contributed by atoms with Crippen LogP contribution in [0.2, 0.25) is 10.0 Å². The van der Waals surface area contributed by atoms with Crippen LogP contribution in [0.3, 0.4) is 0 Å². The molecule has 1 N–H and O–H groups in total. The zero-order chi connectivity index (χ0) is 25.3. The Morgan fingerprint density at radius 1 is 0.944 bits per heavy atom. The smallest absolute Gasteiger partial charge is 0.264 e. The van der Waals surface area contributed by atoms with Crippen molar-refractivity contribution < 1.29 is 13.2 Å². The van der Waals surface area contributed by atoms with E-state index in [1.165, 1.54) is 46.8 Å². The van der Waals surface area contributed by atoms with Crippen molar-refractivity contribution in [3.05, 3.63) is 106 Å². The molecule has 0 radical (unpaired) electrons. The van der Waals surface area contributed by atoms with Gasteiger partial charge < -0.3 is 0 Å². The molecule has 0 spiro atoms. The summed E-state index contributed by atoms with van der Waals surface area (Å²) in [6.45, 7) is -0.528. The van der Waals surface area contributed by atoms with Gasteiger partial charge in [0.05, 0.1) is 21.8 Å². The number of amides is 1. The monoisotopic (exact) mass is 537 g/mol. The number of nitrogens with one attached hydrogen (secondary N) is 1. The van der Waals surface area contributed by atoms with Gasteiger partial charge in [-0.1, -0.05) is 71.7 Å². The summed E-state index contributed by atoms with van der Waals surface area (Å²) in [5.41, 5.74) is 6.07. The molecule has 36 heavy (non-hydrogen) atoms. The largest absolute Gasteiger partial charge is 0.271 e. The molecule has 0 bridgehead atoms. The number of hydrazone groups is 1. The number of aryl methyl sites for hydroxylation is 2. The molecule has 4 aromatic carbocycles. The molecule has 0 aromatic heterocycles. The lowest BCUT2D eigenvalue weighted by Crippen LogP contribution is -2.39. The third-order valence-corrected chi connectivity index (χ3v) is 8.41. The number of carbonyl (C=O) groups excluding carboxylic acids is 1. The van der Waals surface area contributed by atoms with E-state index >= 15 is 0 Å². The molecular weight excluding hydrogens is 517 g/mol. The number of anilines is 1. The fourth-order valence-corrected chi connectivity index (χ4v) is 6.45.